The van der Waals surface area contributed by atoms with Crippen LogP contribution in [0.2, 0.25) is 0 Å². The van der Waals surface area contributed by atoms with Gasteiger partial charge in [-0.3, -0.25) is 10.00 Å². The van der Waals surface area contributed by atoms with E-state index in [1.807, 2.05) is 32.2 Å². The smallest absolute Gasteiger partial charge is 0.173 e. The first-order chi connectivity index (χ1) is 14.1. The highest BCUT2D eigenvalue weighted by Crippen LogP contribution is 2.39. The van der Waals surface area contributed by atoms with Crippen molar-refractivity contribution in [2.24, 2.45) is 0 Å². The predicted molar refractivity (Wildman–Crippen MR) is 110 cm³/mol. The molecular weight excluding hydrogens is 368 g/mol. The molecule has 0 aliphatic carbocycles. The number of piperidine rings is 1. The molecule has 1 aromatic carbocycles. The lowest BCUT2D eigenvalue weighted by Gasteiger charge is -2.35. The molecule has 0 amide bonds. The van der Waals surface area contributed by atoms with Gasteiger partial charge in [-0.25, -0.2) is 0 Å². The zero-order chi connectivity index (χ0) is 20.4. The molecule has 1 atom stereocenters. The minimum Gasteiger partial charge on any atom is -0.493 e. The second kappa shape index (κ2) is 8.29. The predicted octanol–water partition coefficient (Wildman–Crippen LogP) is 4.43. The molecule has 154 valence electrons. The Morgan fingerprint density at radius 3 is 2.79 bits per heavy atom. The lowest BCUT2D eigenvalue weighted by molar-refractivity contribution is 0.136. The third-order valence-electron chi connectivity index (χ3n) is 5.88. The summed E-state index contributed by atoms with van der Waals surface area (Å²) in [5.41, 5.74) is 5.17. The van der Waals surface area contributed by atoms with Crippen LogP contribution in [0.3, 0.4) is 0 Å². The number of nitrogens with zero attached hydrogens (tertiary/aromatic N) is 3. The van der Waals surface area contributed by atoms with Gasteiger partial charge in [-0.2, -0.15) is 5.10 Å². The Bertz CT molecular complexity index is 978. The van der Waals surface area contributed by atoms with E-state index in [2.05, 4.69) is 26.3 Å². The molecule has 1 aliphatic heterocycles. The number of likely N-dealkylation sites (tertiary alicyclic amines) is 1. The van der Waals surface area contributed by atoms with Gasteiger partial charge in [-0.05, 0) is 39.3 Å². The molecule has 29 heavy (non-hydrogen) atoms. The standard InChI is InChI=1S/C22H28N4O3/c1-14-15(2)25-29-21(14)17-12-23-24-20(17)18-9-5-6-11-26(18)13-16-8-7-10-19(27-3)22(16)28-4/h7-8,10,12,18H,5-6,9,11,13H2,1-4H3,(H,23,24)/t18-/m0/s1. The zero-order valence-electron chi connectivity index (χ0n) is 17.5. The second-order valence-corrected chi connectivity index (χ2v) is 7.55. The van der Waals surface area contributed by atoms with Crippen molar-refractivity contribution in [3.8, 4) is 22.8 Å². The zero-order valence-corrected chi connectivity index (χ0v) is 17.5. The first kappa shape index (κ1) is 19.5. The fraction of sp³-hybridized carbons (Fsp3) is 0.455. The van der Waals surface area contributed by atoms with Crippen molar-refractivity contribution in [2.45, 2.75) is 45.7 Å². The molecule has 0 unspecified atom stereocenters. The number of aromatic amines is 1. The van der Waals surface area contributed by atoms with Crippen molar-refractivity contribution in [1.29, 1.82) is 0 Å². The Labute approximate surface area is 171 Å². The molecule has 7 heteroatoms. The number of ether oxygens (including phenoxy) is 2. The summed E-state index contributed by atoms with van der Waals surface area (Å²) in [5, 5.41) is 11.7. The molecule has 0 spiro atoms. The quantitative estimate of drug-likeness (QED) is 0.664. The number of rotatable bonds is 6. The van der Waals surface area contributed by atoms with Crippen molar-refractivity contribution in [1.82, 2.24) is 20.3 Å². The van der Waals surface area contributed by atoms with Gasteiger partial charge in [0.15, 0.2) is 17.3 Å². The van der Waals surface area contributed by atoms with E-state index in [1.165, 1.54) is 12.8 Å². The Morgan fingerprint density at radius 2 is 2.07 bits per heavy atom. The molecule has 0 saturated carbocycles. The van der Waals surface area contributed by atoms with Gasteiger partial charge in [0, 0.05) is 17.7 Å². The summed E-state index contributed by atoms with van der Waals surface area (Å²) in [5.74, 6) is 2.36. The summed E-state index contributed by atoms with van der Waals surface area (Å²) in [7, 11) is 3.36. The highest BCUT2D eigenvalue weighted by molar-refractivity contribution is 5.64. The Balaban J connectivity index is 1.67. The van der Waals surface area contributed by atoms with Gasteiger partial charge in [0.05, 0.1) is 43.4 Å². The molecule has 0 bridgehead atoms. The molecule has 3 heterocycles. The molecule has 4 rings (SSSR count). The van der Waals surface area contributed by atoms with E-state index in [1.54, 1.807) is 14.2 Å². The summed E-state index contributed by atoms with van der Waals surface area (Å²) in [6.07, 6.45) is 5.27. The van der Waals surface area contributed by atoms with Gasteiger partial charge in [0.1, 0.15) is 0 Å². The average Bonchev–Trinajstić information content (AvgIpc) is 3.35. The summed E-state index contributed by atoms with van der Waals surface area (Å²) in [6.45, 7) is 5.79. The van der Waals surface area contributed by atoms with E-state index >= 15 is 0 Å². The summed E-state index contributed by atoms with van der Waals surface area (Å²) in [6, 6.07) is 6.27. The van der Waals surface area contributed by atoms with Crippen molar-refractivity contribution in [3.05, 3.63) is 46.9 Å². The number of H-pyrrole nitrogens is 1. The fourth-order valence-corrected chi connectivity index (χ4v) is 4.20. The van der Waals surface area contributed by atoms with Gasteiger partial charge >= 0.3 is 0 Å². The summed E-state index contributed by atoms with van der Waals surface area (Å²) in [4.78, 5) is 2.48. The number of para-hydroxylation sites is 1. The topological polar surface area (TPSA) is 76.4 Å². The van der Waals surface area contributed by atoms with Gasteiger partial charge in [-0.15, -0.1) is 0 Å². The minimum absolute atomic E-state index is 0.224. The normalized spacial score (nSPS) is 17.4. The van der Waals surface area contributed by atoms with Crippen molar-refractivity contribution < 1.29 is 14.0 Å². The Hall–Kier alpha value is -2.80. The van der Waals surface area contributed by atoms with Gasteiger partial charge in [0.25, 0.3) is 0 Å². The number of methoxy groups -OCH3 is 2. The average molecular weight is 396 g/mol. The lowest BCUT2D eigenvalue weighted by Crippen LogP contribution is -2.33. The molecule has 7 nitrogen and oxygen atoms in total. The van der Waals surface area contributed by atoms with Crippen LogP contribution in [0.25, 0.3) is 11.3 Å². The van der Waals surface area contributed by atoms with Crippen LogP contribution in [0.1, 0.15) is 47.8 Å². The van der Waals surface area contributed by atoms with Crippen LogP contribution in [0.15, 0.2) is 28.9 Å². The maximum absolute atomic E-state index is 5.65. The van der Waals surface area contributed by atoms with Crippen LogP contribution >= 0.6 is 0 Å². The fourth-order valence-electron chi connectivity index (χ4n) is 4.20. The monoisotopic (exact) mass is 396 g/mol. The number of hydrogen-bond donors (Lipinski definition) is 1. The van der Waals surface area contributed by atoms with Crippen molar-refractivity contribution in [3.63, 3.8) is 0 Å². The van der Waals surface area contributed by atoms with E-state index in [0.29, 0.717) is 0 Å². The summed E-state index contributed by atoms with van der Waals surface area (Å²) >= 11 is 0. The SMILES string of the molecule is COc1cccc(CN2CCCC[C@H]2c2[nH]ncc2-c2onc(C)c2C)c1OC. The van der Waals surface area contributed by atoms with E-state index in [-0.39, 0.29) is 6.04 Å². The van der Waals surface area contributed by atoms with Gasteiger partial charge in [-0.1, -0.05) is 23.7 Å². The Morgan fingerprint density at radius 1 is 1.21 bits per heavy atom. The highest BCUT2D eigenvalue weighted by Gasteiger charge is 2.30. The van der Waals surface area contributed by atoms with Crippen LogP contribution in [-0.2, 0) is 6.54 Å². The van der Waals surface area contributed by atoms with Crippen molar-refractivity contribution >= 4 is 0 Å². The van der Waals surface area contributed by atoms with E-state index < -0.39 is 0 Å². The molecule has 0 radical (unpaired) electrons. The molecule has 1 N–H and O–H groups in total. The number of benzene rings is 1. The van der Waals surface area contributed by atoms with Crippen LogP contribution < -0.4 is 9.47 Å². The van der Waals surface area contributed by atoms with Crippen LogP contribution in [-0.4, -0.2) is 41.0 Å². The number of nitrogens with one attached hydrogen (secondary N) is 1. The van der Waals surface area contributed by atoms with Crippen LogP contribution in [0, 0.1) is 13.8 Å². The number of aryl methyl sites for hydroxylation is 1. The van der Waals surface area contributed by atoms with Crippen LogP contribution in [0.4, 0.5) is 0 Å². The lowest BCUT2D eigenvalue weighted by atomic mass is 9.95. The van der Waals surface area contributed by atoms with Crippen molar-refractivity contribution in [2.75, 3.05) is 20.8 Å². The molecule has 3 aromatic rings. The van der Waals surface area contributed by atoms with E-state index in [0.717, 1.165) is 64.8 Å². The first-order valence-electron chi connectivity index (χ1n) is 10.0. The van der Waals surface area contributed by atoms with Gasteiger partial charge < -0.3 is 14.0 Å². The van der Waals surface area contributed by atoms with E-state index in [4.69, 9.17) is 14.0 Å². The third-order valence-corrected chi connectivity index (χ3v) is 5.88. The third kappa shape index (κ3) is 3.62. The minimum atomic E-state index is 0.224. The van der Waals surface area contributed by atoms with Gasteiger partial charge in [0.2, 0.25) is 0 Å². The molecular formula is C22H28N4O3. The molecule has 2 aromatic heterocycles. The second-order valence-electron chi connectivity index (χ2n) is 7.55. The highest BCUT2D eigenvalue weighted by atomic mass is 16.5. The van der Waals surface area contributed by atoms with Crippen LogP contribution in [0.5, 0.6) is 11.5 Å². The molecule has 1 saturated heterocycles. The number of hydrogen-bond acceptors (Lipinski definition) is 6. The molecule has 1 fully saturated rings. The maximum atomic E-state index is 5.65. The largest absolute Gasteiger partial charge is 0.493 e. The van der Waals surface area contributed by atoms with E-state index in [9.17, 15) is 0 Å². The Kier molecular flexibility index (Phi) is 5.58. The summed E-state index contributed by atoms with van der Waals surface area (Å²) < 4.78 is 16.8. The molecule has 1 aliphatic rings. The maximum Gasteiger partial charge on any atom is 0.173 e. The number of aromatic nitrogens is 3. The first-order valence-corrected chi connectivity index (χ1v) is 10.0.